The number of carbonyl (C=O) groups is 1. The van der Waals surface area contributed by atoms with Crippen molar-refractivity contribution in [2.24, 2.45) is 0 Å². The maximum absolute atomic E-state index is 12.8. The van der Waals surface area contributed by atoms with Gasteiger partial charge in [0.25, 0.3) is 5.91 Å². The SMILES string of the molecule is Cc1cc2oc(C(=O)NC[C@H](c3ccc(C(C)(C)C)cc3)N(C)C)cc(=O)c2cc1C. The van der Waals surface area contributed by atoms with Crippen LogP contribution < -0.4 is 10.7 Å². The van der Waals surface area contributed by atoms with E-state index in [0.717, 1.165) is 16.7 Å². The van der Waals surface area contributed by atoms with Gasteiger partial charge in [0.15, 0.2) is 11.2 Å². The summed E-state index contributed by atoms with van der Waals surface area (Å²) in [6, 6.07) is 13.4. The number of hydrogen-bond acceptors (Lipinski definition) is 4. The van der Waals surface area contributed by atoms with E-state index in [-0.39, 0.29) is 22.6 Å². The molecule has 0 saturated heterocycles. The Labute approximate surface area is 184 Å². The van der Waals surface area contributed by atoms with Crippen molar-refractivity contribution < 1.29 is 9.21 Å². The first-order chi connectivity index (χ1) is 14.5. The van der Waals surface area contributed by atoms with Gasteiger partial charge in [0.2, 0.25) is 0 Å². The third-order valence-electron chi connectivity index (χ3n) is 5.81. The summed E-state index contributed by atoms with van der Waals surface area (Å²) in [6.07, 6.45) is 0. The van der Waals surface area contributed by atoms with Gasteiger partial charge in [0.05, 0.1) is 11.4 Å². The molecule has 1 heterocycles. The van der Waals surface area contributed by atoms with E-state index in [9.17, 15) is 9.59 Å². The molecule has 3 rings (SSSR count). The average Bonchev–Trinajstić information content (AvgIpc) is 2.69. The molecule has 0 bridgehead atoms. The van der Waals surface area contributed by atoms with E-state index in [1.807, 2.05) is 40.1 Å². The minimum Gasteiger partial charge on any atom is -0.451 e. The number of benzene rings is 2. The smallest absolute Gasteiger partial charge is 0.287 e. The van der Waals surface area contributed by atoms with Gasteiger partial charge < -0.3 is 14.6 Å². The molecular formula is C26H32N2O3. The molecule has 0 radical (unpaired) electrons. The number of carbonyl (C=O) groups excluding carboxylic acids is 1. The Kier molecular flexibility index (Phi) is 6.37. The molecule has 0 saturated carbocycles. The van der Waals surface area contributed by atoms with Gasteiger partial charge in [-0.15, -0.1) is 0 Å². The second-order valence-electron chi connectivity index (χ2n) is 9.47. The Bertz CT molecular complexity index is 1150. The van der Waals surface area contributed by atoms with E-state index < -0.39 is 5.91 Å². The largest absolute Gasteiger partial charge is 0.451 e. The van der Waals surface area contributed by atoms with Crippen molar-refractivity contribution in [2.45, 2.75) is 46.1 Å². The van der Waals surface area contributed by atoms with Crippen LogP contribution in [0.1, 0.15) is 59.6 Å². The summed E-state index contributed by atoms with van der Waals surface area (Å²) in [5.74, 6) is -0.364. The lowest BCUT2D eigenvalue weighted by Crippen LogP contribution is -2.34. The molecule has 0 spiro atoms. The number of fused-ring (bicyclic) bond motifs is 1. The zero-order valence-corrected chi connectivity index (χ0v) is 19.5. The summed E-state index contributed by atoms with van der Waals surface area (Å²) in [6.45, 7) is 10.9. The van der Waals surface area contributed by atoms with E-state index in [4.69, 9.17) is 4.42 Å². The zero-order chi connectivity index (χ0) is 22.9. The molecule has 1 aromatic heterocycles. The lowest BCUT2D eigenvalue weighted by atomic mass is 9.86. The number of amides is 1. The molecule has 0 unspecified atom stereocenters. The van der Waals surface area contributed by atoms with Gasteiger partial charge in [-0.3, -0.25) is 9.59 Å². The van der Waals surface area contributed by atoms with Crippen molar-refractivity contribution in [3.63, 3.8) is 0 Å². The fraction of sp³-hybridized carbons (Fsp3) is 0.385. The zero-order valence-electron chi connectivity index (χ0n) is 19.5. The van der Waals surface area contributed by atoms with Crippen LogP contribution in [0.4, 0.5) is 0 Å². The Morgan fingerprint density at radius 1 is 1.03 bits per heavy atom. The molecule has 1 atom stereocenters. The monoisotopic (exact) mass is 420 g/mol. The second kappa shape index (κ2) is 8.67. The Morgan fingerprint density at radius 3 is 2.23 bits per heavy atom. The van der Waals surface area contributed by atoms with Gasteiger partial charge in [-0.25, -0.2) is 0 Å². The van der Waals surface area contributed by atoms with Crippen LogP contribution in [-0.4, -0.2) is 31.4 Å². The molecule has 2 aromatic carbocycles. The lowest BCUT2D eigenvalue weighted by Gasteiger charge is -2.26. The van der Waals surface area contributed by atoms with Gasteiger partial charge in [0.1, 0.15) is 5.58 Å². The van der Waals surface area contributed by atoms with Gasteiger partial charge in [-0.2, -0.15) is 0 Å². The first-order valence-corrected chi connectivity index (χ1v) is 10.6. The standard InChI is InChI=1S/C26H32N2O3/c1-16-12-20-22(29)14-24(31-23(20)13-17(16)2)25(30)27-15-21(28(6)7)18-8-10-19(11-9-18)26(3,4)5/h8-14,21H,15H2,1-7H3,(H,27,30)/t21-/m1/s1. The van der Waals surface area contributed by atoms with Crippen LogP contribution in [0.15, 0.2) is 51.7 Å². The van der Waals surface area contributed by atoms with E-state index in [2.05, 4.69) is 55.3 Å². The topological polar surface area (TPSA) is 62.6 Å². The average molecular weight is 421 g/mol. The highest BCUT2D eigenvalue weighted by molar-refractivity contribution is 5.93. The highest BCUT2D eigenvalue weighted by Gasteiger charge is 2.20. The van der Waals surface area contributed by atoms with Gasteiger partial charge >= 0.3 is 0 Å². The van der Waals surface area contributed by atoms with E-state index in [1.165, 1.54) is 11.6 Å². The van der Waals surface area contributed by atoms with Crippen LogP contribution in [0.3, 0.4) is 0 Å². The van der Waals surface area contributed by atoms with Crippen molar-refractivity contribution >= 4 is 16.9 Å². The molecule has 0 aliphatic carbocycles. The molecular weight excluding hydrogens is 388 g/mol. The van der Waals surface area contributed by atoms with Crippen molar-refractivity contribution in [2.75, 3.05) is 20.6 Å². The second-order valence-corrected chi connectivity index (χ2v) is 9.47. The van der Waals surface area contributed by atoms with Crippen LogP contribution in [0.25, 0.3) is 11.0 Å². The quantitative estimate of drug-likeness (QED) is 0.648. The molecule has 31 heavy (non-hydrogen) atoms. The molecule has 5 nitrogen and oxygen atoms in total. The summed E-state index contributed by atoms with van der Waals surface area (Å²) in [5, 5.41) is 3.42. The number of aryl methyl sites for hydroxylation is 2. The van der Waals surface area contributed by atoms with Crippen LogP contribution >= 0.6 is 0 Å². The van der Waals surface area contributed by atoms with Crippen molar-refractivity contribution in [3.05, 3.63) is 80.7 Å². The Balaban J connectivity index is 1.80. The third kappa shape index (κ3) is 5.05. The summed E-state index contributed by atoms with van der Waals surface area (Å²) < 4.78 is 5.77. The fourth-order valence-electron chi connectivity index (χ4n) is 3.60. The van der Waals surface area contributed by atoms with E-state index >= 15 is 0 Å². The first kappa shape index (κ1) is 22.8. The van der Waals surface area contributed by atoms with Crippen LogP contribution in [0.5, 0.6) is 0 Å². The normalized spacial score (nSPS) is 12.9. The van der Waals surface area contributed by atoms with Gasteiger partial charge in [-0.1, -0.05) is 45.0 Å². The number of rotatable bonds is 5. The van der Waals surface area contributed by atoms with E-state index in [0.29, 0.717) is 17.5 Å². The molecule has 5 heteroatoms. The molecule has 1 N–H and O–H groups in total. The van der Waals surface area contributed by atoms with Crippen molar-refractivity contribution in [3.8, 4) is 0 Å². The summed E-state index contributed by atoms with van der Waals surface area (Å²) in [4.78, 5) is 27.3. The maximum atomic E-state index is 12.8. The van der Waals surface area contributed by atoms with Crippen LogP contribution in [0, 0.1) is 13.8 Å². The Morgan fingerprint density at radius 2 is 1.65 bits per heavy atom. The Hall–Kier alpha value is -2.92. The van der Waals surface area contributed by atoms with Crippen LogP contribution in [0.2, 0.25) is 0 Å². The lowest BCUT2D eigenvalue weighted by molar-refractivity contribution is 0.0914. The fourth-order valence-corrected chi connectivity index (χ4v) is 3.60. The number of nitrogens with one attached hydrogen (secondary N) is 1. The maximum Gasteiger partial charge on any atom is 0.287 e. The summed E-state index contributed by atoms with van der Waals surface area (Å²) >= 11 is 0. The first-order valence-electron chi connectivity index (χ1n) is 10.6. The molecule has 1 amide bonds. The number of hydrogen-bond donors (Lipinski definition) is 1. The minimum absolute atomic E-state index is 0.00459. The molecule has 3 aromatic rings. The molecule has 0 aliphatic rings. The van der Waals surface area contributed by atoms with Crippen molar-refractivity contribution in [1.82, 2.24) is 10.2 Å². The highest BCUT2D eigenvalue weighted by atomic mass is 16.3. The third-order valence-corrected chi connectivity index (χ3v) is 5.81. The van der Waals surface area contributed by atoms with Crippen LogP contribution in [-0.2, 0) is 5.41 Å². The molecule has 0 aliphatic heterocycles. The predicted molar refractivity (Wildman–Crippen MR) is 126 cm³/mol. The predicted octanol–water partition coefficient (Wildman–Crippen LogP) is 4.74. The summed E-state index contributed by atoms with van der Waals surface area (Å²) in [7, 11) is 3.96. The van der Waals surface area contributed by atoms with E-state index in [1.54, 1.807) is 0 Å². The number of likely N-dealkylation sites (N-methyl/N-ethyl adjacent to an activating group) is 1. The number of nitrogens with zero attached hydrogens (tertiary/aromatic N) is 1. The molecule has 0 fully saturated rings. The van der Waals surface area contributed by atoms with Crippen molar-refractivity contribution in [1.29, 1.82) is 0 Å². The minimum atomic E-state index is -0.393. The summed E-state index contributed by atoms with van der Waals surface area (Å²) in [5.41, 5.74) is 4.72. The molecule has 164 valence electrons. The van der Waals surface area contributed by atoms with Gasteiger partial charge in [0, 0.05) is 12.6 Å². The highest BCUT2D eigenvalue weighted by Crippen LogP contribution is 2.25. The van der Waals surface area contributed by atoms with Gasteiger partial charge in [-0.05, 0) is 67.7 Å².